The maximum Gasteiger partial charge on any atom is 0.274 e. The number of amides is 1. The number of nitrogens with one attached hydrogen (secondary N) is 1. The third-order valence-electron chi connectivity index (χ3n) is 4.38. The molecule has 5 heteroatoms. The molecule has 0 saturated heterocycles. The van der Waals surface area contributed by atoms with Gasteiger partial charge in [0.2, 0.25) is 0 Å². The number of anilines is 1. The van der Waals surface area contributed by atoms with Gasteiger partial charge in [-0.3, -0.25) is 9.48 Å². The zero-order chi connectivity index (χ0) is 12.7. The van der Waals surface area contributed by atoms with E-state index in [9.17, 15) is 4.79 Å². The summed E-state index contributed by atoms with van der Waals surface area (Å²) in [5, 5.41) is 7.32. The summed E-state index contributed by atoms with van der Waals surface area (Å²) in [5.74, 6) is 1.39. The molecule has 98 valence electrons. The number of fused-ring (bicyclic) bond motifs is 2. The molecule has 3 unspecified atom stereocenters. The number of nitrogens with two attached hydrogens (primary N) is 1. The second kappa shape index (κ2) is 4.30. The molecule has 0 radical (unpaired) electrons. The van der Waals surface area contributed by atoms with Gasteiger partial charge >= 0.3 is 0 Å². The highest BCUT2D eigenvalue weighted by Crippen LogP contribution is 2.44. The third-order valence-corrected chi connectivity index (χ3v) is 4.38. The largest absolute Gasteiger partial charge is 0.396 e. The molecule has 18 heavy (non-hydrogen) atoms. The van der Waals surface area contributed by atoms with E-state index in [1.54, 1.807) is 10.9 Å². The van der Waals surface area contributed by atoms with Crippen LogP contribution in [0.4, 0.5) is 5.69 Å². The molecule has 2 saturated carbocycles. The average molecular weight is 248 g/mol. The third kappa shape index (κ3) is 1.87. The Bertz CT molecular complexity index is 468. The zero-order valence-corrected chi connectivity index (χ0v) is 10.7. The fraction of sp³-hybridized carbons (Fsp3) is 0.692. The maximum absolute atomic E-state index is 12.2. The SMILES string of the molecule is CCn1cc(N)c(C(=O)NC2CC3CCC2C3)n1. The first kappa shape index (κ1) is 11.6. The molecule has 3 rings (SSSR count). The van der Waals surface area contributed by atoms with Gasteiger partial charge in [0.05, 0.1) is 5.69 Å². The number of rotatable bonds is 3. The minimum atomic E-state index is -0.114. The van der Waals surface area contributed by atoms with Crippen LogP contribution in [0.3, 0.4) is 0 Å². The monoisotopic (exact) mass is 248 g/mol. The van der Waals surface area contributed by atoms with Gasteiger partial charge < -0.3 is 11.1 Å². The van der Waals surface area contributed by atoms with Crippen molar-refractivity contribution in [3.8, 4) is 0 Å². The van der Waals surface area contributed by atoms with Gasteiger partial charge in [-0.15, -0.1) is 0 Å². The van der Waals surface area contributed by atoms with Crippen molar-refractivity contribution in [2.24, 2.45) is 11.8 Å². The van der Waals surface area contributed by atoms with Gasteiger partial charge in [-0.05, 0) is 38.0 Å². The molecule has 0 aliphatic heterocycles. The quantitative estimate of drug-likeness (QED) is 0.849. The van der Waals surface area contributed by atoms with E-state index in [0.717, 1.165) is 18.9 Å². The Morgan fingerprint density at radius 1 is 1.56 bits per heavy atom. The minimum absolute atomic E-state index is 0.114. The van der Waals surface area contributed by atoms with Gasteiger partial charge in [0, 0.05) is 18.8 Å². The first-order chi connectivity index (χ1) is 8.67. The fourth-order valence-corrected chi connectivity index (χ4v) is 3.43. The van der Waals surface area contributed by atoms with E-state index in [2.05, 4.69) is 10.4 Å². The molecule has 1 aromatic heterocycles. The summed E-state index contributed by atoms with van der Waals surface area (Å²) in [6.45, 7) is 2.70. The Labute approximate surface area is 107 Å². The smallest absolute Gasteiger partial charge is 0.274 e. The summed E-state index contributed by atoms with van der Waals surface area (Å²) in [6, 6.07) is 0.336. The first-order valence-corrected chi connectivity index (χ1v) is 6.81. The van der Waals surface area contributed by atoms with Gasteiger partial charge in [0.1, 0.15) is 0 Å². The van der Waals surface area contributed by atoms with Gasteiger partial charge in [0.25, 0.3) is 5.91 Å². The summed E-state index contributed by atoms with van der Waals surface area (Å²) in [6.07, 6.45) is 6.72. The number of hydrogen-bond acceptors (Lipinski definition) is 3. The van der Waals surface area contributed by atoms with Crippen LogP contribution in [0.25, 0.3) is 0 Å². The lowest BCUT2D eigenvalue weighted by molar-refractivity contribution is 0.0918. The van der Waals surface area contributed by atoms with Crippen molar-refractivity contribution in [1.82, 2.24) is 15.1 Å². The lowest BCUT2D eigenvalue weighted by Crippen LogP contribution is -2.38. The number of nitrogens with zero attached hydrogens (tertiary/aromatic N) is 2. The minimum Gasteiger partial charge on any atom is -0.396 e. The maximum atomic E-state index is 12.2. The van der Waals surface area contributed by atoms with Crippen LogP contribution >= 0.6 is 0 Å². The number of nitrogen functional groups attached to an aromatic ring is 1. The summed E-state index contributed by atoms with van der Waals surface area (Å²) < 4.78 is 1.70. The Morgan fingerprint density at radius 3 is 2.94 bits per heavy atom. The normalized spacial score (nSPS) is 29.7. The van der Waals surface area contributed by atoms with Crippen molar-refractivity contribution in [1.29, 1.82) is 0 Å². The van der Waals surface area contributed by atoms with Crippen molar-refractivity contribution in [2.45, 2.75) is 45.2 Å². The van der Waals surface area contributed by atoms with Gasteiger partial charge in [0.15, 0.2) is 5.69 Å². The number of aryl methyl sites for hydroxylation is 1. The van der Waals surface area contributed by atoms with Crippen LogP contribution in [-0.2, 0) is 6.54 Å². The Balaban J connectivity index is 1.69. The first-order valence-electron chi connectivity index (χ1n) is 6.81. The molecule has 1 aromatic rings. The van der Waals surface area contributed by atoms with Crippen molar-refractivity contribution >= 4 is 11.6 Å². The van der Waals surface area contributed by atoms with E-state index in [-0.39, 0.29) is 5.91 Å². The molecule has 0 aromatic carbocycles. The summed E-state index contributed by atoms with van der Waals surface area (Å²) in [7, 11) is 0. The van der Waals surface area contributed by atoms with Gasteiger partial charge in [-0.25, -0.2) is 0 Å². The van der Waals surface area contributed by atoms with E-state index in [4.69, 9.17) is 5.73 Å². The van der Waals surface area contributed by atoms with Crippen molar-refractivity contribution in [3.05, 3.63) is 11.9 Å². The highest BCUT2D eigenvalue weighted by atomic mass is 16.2. The average Bonchev–Trinajstić information content (AvgIpc) is 3.03. The Kier molecular flexibility index (Phi) is 2.76. The molecule has 5 nitrogen and oxygen atoms in total. The van der Waals surface area contributed by atoms with E-state index >= 15 is 0 Å². The highest BCUT2D eigenvalue weighted by Gasteiger charge is 2.40. The molecule has 3 N–H and O–H groups in total. The lowest BCUT2D eigenvalue weighted by atomic mass is 9.95. The van der Waals surface area contributed by atoms with Crippen LogP contribution in [0.5, 0.6) is 0 Å². The Hall–Kier alpha value is -1.52. The van der Waals surface area contributed by atoms with Gasteiger partial charge in [-0.2, -0.15) is 5.10 Å². The van der Waals surface area contributed by atoms with Gasteiger partial charge in [-0.1, -0.05) is 6.42 Å². The molecule has 2 aliphatic carbocycles. The second-order valence-electron chi connectivity index (χ2n) is 5.54. The molecular formula is C13H20N4O. The molecule has 0 spiro atoms. The van der Waals surface area contributed by atoms with Crippen molar-refractivity contribution < 1.29 is 4.79 Å². The predicted molar refractivity (Wildman–Crippen MR) is 69.0 cm³/mol. The number of carbonyl (C=O) groups is 1. The summed E-state index contributed by atoms with van der Waals surface area (Å²) >= 11 is 0. The molecule has 1 amide bonds. The standard InChI is InChI=1S/C13H20N4O/c1-2-17-7-10(14)12(16-17)13(18)15-11-6-8-3-4-9(11)5-8/h7-9,11H,2-6,14H2,1H3,(H,15,18). The van der Waals surface area contributed by atoms with Crippen LogP contribution in [0.2, 0.25) is 0 Å². The molecule has 3 atom stereocenters. The molecule has 2 fully saturated rings. The summed E-state index contributed by atoms with van der Waals surface area (Å²) in [5.41, 5.74) is 6.67. The zero-order valence-electron chi connectivity index (χ0n) is 10.7. The fourth-order valence-electron chi connectivity index (χ4n) is 3.43. The van der Waals surface area contributed by atoms with E-state index in [1.165, 1.54) is 19.3 Å². The number of hydrogen-bond donors (Lipinski definition) is 2. The molecule has 1 heterocycles. The van der Waals surface area contributed by atoms with Crippen LogP contribution in [-0.4, -0.2) is 21.7 Å². The molecule has 2 bridgehead atoms. The molecular weight excluding hydrogens is 228 g/mol. The van der Waals surface area contributed by atoms with Crippen molar-refractivity contribution in [3.63, 3.8) is 0 Å². The van der Waals surface area contributed by atoms with Crippen LogP contribution in [0.15, 0.2) is 6.20 Å². The van der Waals surface area contributed by atoms with Crippen LogP contribution in [0, 0.1) is 11.8 Å². The number of carbonyl (C=O) groups excluding carboxylic acids is 1. The van der Waals surface area contributed by atoms with Crippen molar-refractivity contribution in [2.75, 3.05) is 5.73 Å². The van der Waals surface area contributed by atoms with E-state index < -0.39 is 0 Å². The van der Waals surface area contributed by atoms with E-state index in [1.807, 2.05) is 6.92 Å². The topological polar surface area (TPSA) is 72.9 Å². The highest BCUT2D eigenvalue weighted by molar-refractivity contribution is 5.97. The van der Waals surface area contributed by atoms with Crippen LogP contribution < -0.4 is 11.1 Å². The second-order valence-corrected chi connectivity index (χ2v) is 5.54. The predicted octanol–water partition coefficient (Wildman–Crippen LogP) is 1.40. The van der Waals surface area contributed by atoms with Crippen LogP contribution in [0.1, 0.15) is 43.1 Å². The molecule has 2 aliphatic rings. The number of aromatic nitrogens is 2. The lowest BCUT2D eigenvalue weighted by Gasteiger charge is -2.22. The summed E-state index contributed by atoms with van der Waals surface area (Å²) in [4.78, 5) is 12.2. The Morgan fingerprint density at radius 2 is 2.39 bits per heavy atom. The van der Waals surface area contributed by atoms with E-state index in [0.29, 0.717) is 23.3 Å².